The van der Waals surface area contributed by atoms with E-state index in [0.717, 1.165) is 19.4 Å². The van der Waals surface area contributed by atoms with E-state index in [1.54, 1.807) is 4.90 Å². The van der Waals surface area contributed by atoms with E-state index in [0.29, 0.717) is 0 Å². The Bertz CT molecular complexity index is 355. The van der Waals surface area contributed by atoms with Crippen LogP contribution in [0.3, 0.4) is 0 Å². The number of ether oxygens (including phenoxy) is 1. The first kappa shape index (κ1) is 17.5. The Hall–Kier alpha value is -0.553. The van der Waals surface area contributed by atoms with E-state index >= 15 is 0 Å². The maximum absolute atomic E-state index is 12.2. The Morgan fingerprint density at radius 1 is 1.15 bits per heavy atom. The predicted octanol–water partition coefficient (Wildman–Crippen LogP) is 4.37. The third-order valence-electron chi connectivity index (χ3n) is 4.06. The van der Waals surface area contributed by atoms with Gasteiger partial charge < -0.3 is 9.16 Å². The molecule has 0 aliphatic carbocycles. The van der Waals surface area contributed by atoms with Crippen molar-refractivity contribution in [1.29, 1.82) is 0 Å². The van der Waals surface area contributed by atoms with Crippen molar-refractivity contribution in [2.24, 2.45) is 0 Å². The van der Waals surface area contributed by atoms with E-state index in [9.17, 15) is 4.79 Å². The molecule has 0 bridgehead atoms. The van der Waals surface area contributed by atoms with Crippen molar-refractivity contribution in [2.45, 2.75) is 84.3 Å². The Kier molecular flexibility index (Phi) is 4.97. The lowest BCUT2D eigenvalue weighted by molar-refractivity contribution is -0.00879. The van der Waals surface area contributed by atoms with Crippen molar-refractivity contribution in [1.82, 2.24) is 4.90 Å². The summed E-state index contributed by atoms with van der Waals surface area (Å²) in [5.74, 6) is 0. The summed E-state index contributed by atoms with van der Waals surface area (Å²) in [6, 6.07) is 0. The van der Waals surface area contributed by atoms with Gasteiger partial charge in [-0.25, -0.2) is 4.79 Å². The molecule has 5 heteroatoms. The van der Waals surface area contributed by atoms with Crippen LogP contribution in [-0.4, -0.2) is 37.7 Å². The molecule has 1 aliphatic rings. The molecule has 20 heavy (non-hydrogen) atoms. The minimum Gasteiger partial charge on any atom is -0.444 e. The predicted molar refractivity (Wildman–Crippen MR) is 84.2 cm³/mol. The topological polar surface area (TPSA) is 38.8 Å². The van der Waals surface area contributed by atoms with E-state index in [2.05, 4.69) is 33.9 Å². The Morgan fingerprint density at radius 3 is 2.15 bits per heavy atom. The van der Waals surface area contributed by atoms with Crippen LogP contribution in [0.15, 0.2) is 0 Å². The summed E-state index contributed by atoms with van der Waals surface area (Å²) in [4.78, 5) is 14.0. The fraction of sp³-hybridized carbons (Fsp3) is 0.933. The zero-order valence-electron chi connectivity index (χ0n) is 14.4. The third kappa shape index (κ3) is 4.48. The molecule has 0 saturated carbocycles. The van der Waals surface area contributed by atoms with E-state index < -0.39 is 13.9 Å². The van der Waals surface area contributed by atoms with E-state index in [-0.39, 0.29) is 17.4 Å². The first-order valence-electron chi connectivity index (χ1n) is 7.51. The summed E-state index contributed by atoms with van der Waals surface area (Å²) in [5, 5.41) is 0.148. The molecule has 0 aromatic carbocycles. The van der Waals surface area contributed by atoms with Crippen molar-refractivity contribution in [3.05, 3.63) is 0 Å². The van der Waals surface area contributed by atoms with Crippen molar-refractivity contribution in [3.8, 4) is 0 Å². The Labute approximate surface area is 124 Å². The lowest BCUT2D eigenvalue weighted by Gasteiger charge is -2.40. The number of carbonyl (C=O) groups excluding carboxylic acids is 1. The standard InChI is InChI=1S/C15H31NO3Si/c1-14(2,3)18-13(17)16-11-9-10-12(16)19-20(7,8)15(4,5)6/h12H,9-11H2,1-8H3/t12-/m1/s1. The van der Waals surface area contributed by atoms with Crippen LogP contribution in [0.2, 0.25) is 18.1 Å². The number of hydrogen-bond acceptors (Lipinski definition) is 3. The van der Waals surface area contributed by atoms with E-state index in [1.165, 1.54) is 0 Å². The van der Waals surface area contributed by atoms with Gasteiger partial charge in [0.05, 0.1) is 0 Å². The quantitative estimate of drug-likeness (QED) is 0.711. The van der Waals surface area contributed by atoms with Gasteiger partial charge in [-0.05, 0) is 51.7 Å². The number of carbonyl (C=O) groups is 1. The molecule has 4 nitrogen and oxygen atoms in total. The fourth-order valence-corrected chi connectivity index (χ4v) is 3.18. The fourth-order valence-electron chi connectivity index (χ4n) is 1.90. The van der Waals surface area contributed by atoms with Gasteiger partial charge in [0, 0.05) is 6.54 Å². The highest BCUT2D eigenvalue weighted by Crippen LogP contribution is 2.39. The molecule has 0 aromatic rings. The lowest BCUT2D eigenvalue weighted by atomic mass is 10.2. The zero-order valence-corrected chi connectivity index (χ0v) is 15.4. The highest BCUT2D eigenvalue weighted by molar-refractivity contribution is 6.74. The molecule has 1 fully saturated rings. The van der Waals surface area contributed by atoms with Crippen LogP contribution in [0.1, 0.15) is 54.4 Å². The molecule has 1 rings (SSSR count). The minimum atomic E-state index is -1.87. The summed E-state index contributed by atoms with van der Waals surface area (Å²) in [5.41, 5.74) is -0.457. The smallest absolute Gasteiger partial charge is 0.412 e. The molecule has 0 spiro atoms. The second kappa shape index (κ2) is 5.68. The number of amides is 1. The maximum Gasteiger partial charge on any atom is 0.412 e. The molecule has 0 aromatic heterocycles. The first-order valence-corrected chi connectivity index (χ1v) is 10.4. The van der Waals surface area contributed by atoms with Gasteiger partial charge >= 0.3 is 6.09 Å². The van der Waals surface area contributed by atoms with Crippen LogP contribution in [0.5, 0.6) is 0 Å². The molecule has 0 N–H and O–H groups in total. The van der Waals surface area contributed by atoms with Crippen LogP contribution < -0.4 is 0 Å². The molecule has 1 amide bonds. The minimum absolute atomic E-state index is 0.120. The second-order valence-corrected chi connectivity index (χ2v) is 12.9. The summed E-state index contributed by atoms with van der Waals surface area (Å²) in [7, 11) is -1.87. The van der Waals surface area contributed by atoms with Crippen LogP contribution in [0.4, 0.5) is 4.79 Å². The lowest BCUT2D eigenvalue weighted by Crippen LogP contribution is -2.49. The SMILES string of the molecule is CC(C)(C)OC(=O)N1CCC[C@H]1O[Si](C)(C)C(C)(C)C. The number of rotatable bonds is 2. The van der Waals surface area contributed by atoms with Gasteiger partial charge in [-0.15, -0.1) is 0 Å². The van der Waals surface area contributed by atoms with Gasteiger partial charge in [0.25, 0.3) is 0 Å². The van der Waals surface area contributed by atoms with Crippen molar-refractivity contribution in [3.63, 3.8) is 0 Å². The molecule has 1 saturated heterocycles. The van der Waals surface area contributed by atoms with Crippen molar-refractivity contribution < 1.29 is 14.0 Å². The summed E-state index contributed by atoms with van der Waals surface area (Å²) in [6.07, 6.45) is 1.52. The molecule has 0 unspecified atom stereocenters. The molecule has 1 aliphatic heterocycles. The maximum atomic E-state index is 12.2. The second-order valence-electron chi connectivity index (χ2n) is 8.15. The zero-order chi connectivity index (χ0) is 15.8. The van der Waals surface area contributed by atoms with E-state index in [4.69, 9.17) is 9.16 Å². The average molecular weight is 302 g/mol. The Balaban J connectivity index is 2.73. The van der Waals surface area contributed by atoms with Crippen LogP contribution in [0.25, 0.3) is 0 Å². The number of likely N-dealkylation sites (tertiary alicyclic amines) is 1. The average Bonchev–Trinajstić information content (AvgIpc) is 2.60. The molecule has 1 heterocycles. The molecular formula is C15H31NO3Si. The molecule has 0 radical (unpaired) electrons. The number of nitrogens with zero attached hydrogens (tertiary/aromatic N) is 1. The summed E-state index contributed by atoms with van der Waals surface area (Å²) in [6.45, 7) is 17.5. The highest BCUT2D eigenvalue weighted by Gasteiger charge is 2.43. The highest BCUT2D eigenvalue weighted by atomic mass is 28.4. The van der Waals surface area contributed by atoms with Crippen molar-refractivity contribution >= 4 is 14.4 Å². The van der Waals surface area contributed by atoms with Gasteiger partial charge in [-0.3, -0.25) is 4.90 Å². The first-order chi connectivity index (χ1) is 8.83. The molecular weight excluding hydrogens is 270 g/mol. The largest absolute Gasteiger partial charge is 0.444 e. The summed E-state index contributed by atoms with van der Waals surface area (Å²) >= 11 is 0. The molecule has 1 atom stereocenters. The van der Waals surface area contributed by atoms with E-state index in [1.807, 2.05) is 20.8 Å². The van der Waals surface area contributed by atoms with Gasteiger partial charge in [0.15, 0.2) is 8.32 Å². The van der Waals surface area contributed by atoms with Crippen molar-refractivity contribution in [2.75, 3.05) is 6.54 Å². The van der Waals surface area contributed by atoms with Crippen LogP contribution >= 0.6 is 0 Å². The number of hydrogen-bond donors (Lipinski definition) is 0. The summed E-state index contributed by atoms with van der Waals surface area (Å²) < 4.78 is 11.8. The Morgan fingerprint density at radius 2 is 1.70 bits per heavy atom. The van der Waals surface area contributed by atoms with Crippen LogP contribution in [-0.2, 0) is 9.16 Å². The van der Waals surface area contributed by atoms with Crippen LogP contribution in [0, 0.1) is 0 Å². The van der Waals surface area contributed by atoms with Gasteiger partial charge in [0.2, 0.25) is 0 Å². The third-order valence-corrected chi connectivity index (χ3v) is 8.54. The van der Waals surface area contributed by atoms with Gasteiger partial charge in [-0.1, -0.05) is 20.8 Å². The monoisotopic (exact) mass is 301 g/mol. The van der Waals surface area contributed by atoms with Gasteiger partial charge in [-0.2, -0.15) is 0 Å². The normalized spacial score (nSPS) is 21.2. The molecule has 118 valence electrons. The van der Waals surface area contributed by atoms with Gasteiger partial charge in [0.1, 0.15) is 11.8 Å².